The maximum Gasteiger partial charge on any atom is 0.190 e. The van der Waals surface area contributed by atoms with E-state index in [0.29, 0.717) is 12.2 Å². The van der Waals surface area contributed by atoms with Crippen molar-refractivity contribution >= 4 is 23.0 Å². The minimum Gasteiger partial charge on any atom is -0.545 e. The van der Waals surface area contributed by atoms with Crippen molar-refractivity contribution in [3.8, 4) is 11.3 Å². The van der Waals surface area contributed by atoms with Crippen LogP contribution in [0.5, 0.6) is 0 Å². The molecule has 1 aromatic heterocycles. The van der Waals surface area contributed by atoms with Crippen LogP contribution in [0.4, 0.5) is 5.69 Å². The van der Waals surface area contributed by atoms with Gasteiger partial charge in [-0.1, -0.05) is 72.3 Å². The Balaban J connectivity index is 1.80. The van der Waals surface area contributed by atoms with Crippen molar-refractivity contribution in [3.05, 3.63) is 106 Å². The average Bonchev–Trinajstić information content (AvgIpc) is 3.12. The van der Waals surface area contributed by atoms with Gasteiger partial charge in [0.1, 0.15) is 0 Å². The highest BCUT2D eigenvalue weighted by molar-refractivity contribution is 7.07. The number of aryl methyl sites for hydroxylation is 1. The summed E-state index contributed by atoms with van der Waals surface area (Å²) in [6.07, 6.45) is 0. The van der Waals surface area contributed by atoms with Crippen LogP contribution in [0.15, 0.2) is 89.2 Å². The molecule has 29 heavy (non-hydrogen) atoms. The smallest absolute Gasteiger partial charge is 0.190 e. The lowest BCUT2D eigenvalue weighted by atomic mass is 10.1. The molecule has 5 heteroatoms. The van der Waals surface area contributed by atoms with Crippen molar-refractivity contribution in [1.29, 1.82) is 0 Å². The van der Waals surface area contributed by atoms with Gasteiger partial charge in [0, 0.05) is 5.38 Å². The molecule has 0 radical (unpaired) electrons. The Kier molecular flexibility index (Phi) is 5.40. The quantitative estimate of drug-likeness (QED) is 0.506. The number of nitrogens with zero attached hydrogens (tertiary/aromatic N) is 2. The molecular weight excluding hydrogens is 380 g/mol. The van der Waals surface area contributed by atoms with E-state index in [1.54, 1.807) is 23.5 Å². The first-order valence-corrected chi connectivity index (χ1v) is 10.1. The van der Waals surface area contributed by atoms with Gasteiger partial charge in [-0.15, -0.1) is 11.3 Å². The number of carbonyl (C=O) groups is 1. The van der Waals surface area contributed by atoms with E-state index in [-0.39, 0.29) is 5.56 Å². The number of thiazole rings is 1. The highest BCUT2D eigenvalue weighted by atomic mass is 32.1. The number of aromatic carboxylic acids is 1. The first-order valence-electron chi connectivity index (χ1n) is 9.25. The molecule has 4 rings (SSSR count). The zero-order chi connectivity index (χ0) is 20.2. The van der Waals surface area contributed by atoms with Crippen LogP contribution >= 0.6 is 11.3 Å². The molecule has 144 valence electrons. The number of carboxylic acid groups (broad SMARTS) is 1. The molecule has 1 heterocycles. The largest absolute Gasteiger partial charge is 0.545 e. The highest BCUT2D eigenvalue weighted by Crippen LogP contribution is 2.22. The summed E-state index contributed by atoms with van der Waals surface area (Å²) in [7, 11) is 0. The molecule has 0 saturated heterocycles. The van der Waals surface area contributed by atoms with Crippen molar-refractivity contribution in [2.24, 2.45) is 4.99 Å². The van der Waals surface area contributed by atoms with Crippen molar-refractivity contribution in [2.75, 3.05) is 0 Å². The van der Waals surface area contributed by atoms with Gasteiger partial charge in [0.05, 0.1) is 23.9 Å². The third kappa shape index (κ3) is 4.36. The summed E-state index contributed by atoms with van der Waals surface area (Å²) in [5.41, 5.74) is 5.49. The minimum atomic E-state index is -1.19. The molecule has 0 atom stereocenters. The number of carboxylic acids is 1. The second kappa shape index (κ2) is 8.29. The van der Waals surface area contributed by atoms with Crippen molar-refractivity contribution in [2.45, 2.75) is 13.5 Å². The molecule has 0 spiro atoms. The normalized spacial score (nSPS) is 11.6. The molecule has 0 unspecified atom stereocenters. The molecule has 0 amide bonds. The number of carbonyl (C=O) groups excluding carboxylic acids is 1. The van der Waals surface area contributed by atoms with E-state index in [4.69, 9.17) is 4.99 Å². The van der Waals surface area contributed by atoms with Gasteiger partial charge in [-0.2, -0.15) is 0 Å². The van der Waals surface area contributed by atoms with Gasteiger partial charge < -0.3 is 14.5 Å². The molecule has 0 bridgehead atoms. The van der Waals surface area contributed by atoms with E-state index >= 15 is 0 Å². The third-order valence-electron chi connectivity index (χ3n) is 4.66. The summed E-state index contributed by atoms with van der Waals surface area (Å²) >= 11 is 1.57. The van der Waals surface area contributed by atoms with E-state index in [2.05, 4.69) is 53.3 Å². The van der Waals surface area contributed by atoms with Crippen LogP contribution in [0, 0.1) is 6.92 Å². The molecule has 3 aromatic carbocycles. The second-order valence-electron chi connectivity index (χ2n) is 6.79. The maximum atomic E-state index is 11.0. The molecule has 0 aliphatic rings. The molecule has 4 aromatic rings. The summed E-state index contributed by atoms with van der Waals surface area (Å²) < 4.78 is 2.19. The fourth-order valence-electron chi connectivity index (χ4n) is 3.07. The summed E-state index contributed by atoms with van der Waals surface area (Å²) in [5, 5.41) is 13.1. The Hall–Kier alpha value is -3.44. The monoisotopic (exact) mass is 399 g/mol. The molecule has 4 nitrogen and oxygen atoms in total. The Morgan fingerprint density at radius 3 is 2.31 bits per heavy atom. The fraction of sp³-hybridized carbons (Fsp3) is 0.0833. The SMILES string of the molecule is Cc1ccc(-c2csc(=Nc3ccc(C(=O)[O-])cc3)n2Cc2ccccc2)cc1. The minimum absolute atomic E-state index is 0.146. The summed E-state index contributed by atoms with van der Waals surface area (Å²) in [6, 6.07) is 25.2. The predicted octanol–water partition coefficient (Wildman–Crippen LogP) is 4.17. The molecule has 0 saturated carbocycles. The maximum absolute atomic E-state index is 11.0. The van der Waals surface area contributed by atoms with Crippen molar-refractivity contribution in [3.63, 3.8) is 0 Å². The molecule has 0 fully saturated rings. The van der Waals surface area contributed by atoms with E-state index in [0.717, 1.165) is 16.1 Å². The van der Waals surface area contributed by atoms with Crippen molar-refractivity contribution in [1.82, 2.24) is 4.57 Å². The van der Waals surface area contributed by atoms with Gasteiger partial charge in [-0.3, -0.25) is 0 Å². The lowest BCUT2D eigenvalue weighted by Crippen LogP contribution is -2.21. The van der Waals surface area contributed by atoms with Crippen LogP contribution in [0.25, 0.3) is 11.3 Å². The number of aromatic nitrogens is 1. The van der Waals surface area contributed by atoms with Gasteiger partial charge in [-0.25, -0.2) is 4.99 Å². The standard InChI is InChI=1S/C24H20N2O2S/c1-17-7-9-19(10-8-17)22-16-29-24(26(22)15-18-5-3-2-4-6-18)25-21-13-11-20(12-14-21)23(27)28/h2-14,16H,15H2,1H3,(H,27,28)/p-1. The zero-order valence-electron chi connectivity index (χ0n) is 15.9. The Morgan fingerprint density at radius 1 is 0.966 bits per heavy atom. The zero-order valence-corrected chi connectivity index (χ0v) is 16.7. The number of benzene rings is 3. The van der Waals surface area contributed by atoms with Crippen LogP contribution in [0.2, 0.25) is 0 Å². The lowest BCUT2D eigenvalue weighted by molar-refractivity contribution is -0.255. The molecule has 0 aliphatic heterocycles. The average molecular weight is 399 g/mol. The lowest BCUT2D eigenvalue weighted by Gasteiger charge is -2.10. The van der Waals surface area contributed by atoms with Crippen LogP contribution in [-0.2, 0) is 6.54 Å². The van der Waals surface area contributed by atoms with E-state index in [1.165, 1.54) is 23.3 Å². The van der Waals surface area contributed by atoms with Gasteiger partial charge in [0.25, 0.3) is 0 Å². The van der Waals surface area contributed by atoms with Crippen LogP contribution in [0.3, 0.4) is 0 Å². The van der Waals surface area contributed by atoms with E-state index < -0.39 is 5.97 Å². The number of hydrogen-bond donors (Lipinski definition) is 0. The first-order chi connectivity index (χ1) is 14.1. The van der Waals surface area contributed by atoms with Gasteiger partial charge in [0.2, 0.25) is 0 Å². The molecule has 0 aliphatic carbocycles. The molecular formula is C24H19N2O2S-. The summed E-state index contributed by atoms with van der Waals surface area (Å²) in [5.74, 6) is -1.19. The number of hydrogen-bond acceptors (Lipinski definition) is 4. The predicted molar refractivity (Wildman–Crippen MR) is 114 cm³/mol. The number of rotatable bonds is 5. The summed E-state index contributed by atoms with van der Waals surface area (Å²) in [4.78, 5) is 16.6. The van der Waals surface area contributed by atoms with Crippen LogP contribution in [0.1, 0.15) is 21.5 Å². The van der Waals surface area contributed by atoms with Crippen LogP contribution < -0.4 is 9.91 Å². The Labute approximate surface area is 173 Å². The van der Waals surface area contributed by atoms with Crippen LogP contribution in [-0.4, -0.2) is 10.5 Å². The van der Waals surface area contributed by atoms with E-state index in [9.17, 15) is 9.90 Å². The van der Waals surface area contributed by atoms with Crippen molar-refractivity contribution < 1.29 is 9.90 Å². The fourth-order valence-corrected chi connectivity index (χ4v) is 4.00. The van der Waals surface area contributed by atoms with Gasteiger partial charge in [-0.05, 0) is 35.7 Å². The Morgan fingerprint density at radius 2 is 1.66 bits per heavy atom. The van der Waals surface area contributed by atoms with E-state index in [1.807, 2.05) is 18.2 Å². The highest BCUT2D eigenvalue weighted by Gasteiger charge is 2.09. The first kappa shape index (κ1) is 18.9. The van der Waals surface area contributed by atoms with Gasteiger partial charge in [0.15, 0.2) is 4.80 Å². The summed E-state index contributed by atoms with van der Waals surface area (Å²) in [6.45, 7) is 2.77. The topological polar surface area (TPSA) is 57.4 Å². The van der Waals surface area contributed by atoms with Gasteiger partial charge >= 0.3 is 0 Å². The second-order valence-corrected chi connectivity index (χ2v) is 7.62. The molecule has 0 N–H and O–H groups in total. The third-order valence-corrected chi connectivity index (χ3v) is 5.52. The Bertz CT molecular complexity index is 1190.